The molecule has 1 heterocycles. The summed E-state index contributed by atoms with van der Waals surface area (Å²) in [5.41, 5.74) is 1.16. The molecule has 1 aliphatic rings. The Morgan fingerprint density at radius 1 is 1.07 bits per heavy atom. The molecule has 2 aromatic carbocycles. The Labute approximate surface area is 167 Å². The number of hydrogen-bond donors (Lipinski definition) is 2. The van der Waals surface area contributed by atoms with Crippen molar-refractivity contribution in [2.45, 2.75) is 12.5 Å². The summed E-state index contributed by atoms with van der Waals surface area (Å²) in [7, 11) is 0. The summed E-state index contributed by atoms with van der Waals surface area (Å²) in [4.78, 5) is 26.0. The molecule has 6 nitrogen and oxygen atoms in total. The molecule has 1 aliphatic heterocycles. The van der Waals surface area contributed by atoms with Crippen LogP contribution in [-0.4, -0.2) is 49.5 Å². The van der Waals surface area contributed by atoms with Crippen molar-refractivity contribution in [3.63, 3.8) is 0 Å². The van der Waals surface area contributed by atoms with E-state index in [1.165, 1.54) is 6.07 Å². The number of halogens is 2. The number of carbonyl (C=O) groups is 2. The molecule has 154 valence electrons. The van der Waals surface area contributed by atoms with Crippen LogP contribution in [0.4, 0.5) is 14.5 Å². The van der Waals surface area contributed by atoms with Gasteiger partial charge in [0.2, 0.25) is 0 Å². The molecule has 2 aromatic rings. The molecule has 0 bridgehead atoms. The van der Waals surface area contributed by atoms with Crippen molar-refractivity contribution in [3.05, 3.63) is 65.7 Å². The van der Waals surface area contributed by atoms with Gasteiger partial charge in [-0.1, -0.05) is 30.3 Å². The number of hydrogen-bond acceptors (Lipinski definition) is 4. The number of amides is 2. The average Bonchev–Trinajstić information content (AvgIpc) is 2.74. The molecule has 1 unspecified atom stereocenters. The molecule has 0 spiro atoms. The summed E-state index contributed by atoms with van der Waals surface area (Å²) in [6, 6.07) is 12.9. The summed E-state index contributed by atoms with van der Waals surface area (Å²) >= 11 is 0. The lowest BCUT2D eigenvalue weighted by atomic mass is 10.1. The molecule has 1 atom stereocenters. The number of carbonyl (C=O) groups excluding carboxylic acids is 2. The highest BCUT2D eigenvalue weighted by atomic mass is 19.2. The van der Waals surface area contributed by atoms with E-state index < -0.39 is 23.4 Å². The Bertz CT molecular complexity index is 848. The van der Waals surface area contributed by atoms with E-state index in [2.05, 4.69) is 15.5 Å². The monoisotopic (exact) mass is 403 g/mol. The lowest BCUT2D eigenvalue weighted by Gasteiger charge is -2.33. The topological polar surface area (TPSA) is 70.7 Å². The SMILES string of the molecule is O=C(NCCCN1CCOC(c2ccccc2)C1)C(=O)Nc1ccc(F)c(F)c1. The quantitative estimate of drug-likeness (QED) is 0.574. The van der Waals surface area contributed by atoms with Crippen molar-refractivity contribution >= 4 is 17.5 Å². The number of benzene rings is 2. The van der Waals surface area contributed by atoms with E-state index in [-0.39, 0.29) is 11.8 Å². The van der Waals surface area contributed by atoms with Crippen molar-refractivity contribution in [2.24, 2.45) is 0 Å². The summed E-state index contributed by atoms with van der Waals surface area (Å²) in [6.07, 6.45) is 0.701. The highest BCUT2D eigenvalue weighted by molar-refractivity contribution is 6.39. The van der Waals surface area contributed by atoms with Crippen LogP contribution in [0.3, 0.4) is 0 Å². The Morgan fingerprint density at radius 3 is 2.62 bits per heavy atom. The van der Waals surface area contributed by atoms with E-state index in [1.54, 1.807) is 0 Å². The maximum Gasteiger partial charge on any atom is 0.313 e. The predicted molar refractivity (Wildman–Crippen MR) is 104 cm³/mol. The van der Waals surface area contributed by atoms with Gasteiger partial charge in [-0.3, -0.25) is 14.5 Å². The molecule has 3 rings (SSSR count). The van der Waals surface area contributed by atoms with Crippen LogP contribution in [0, 0.1) is 11.6 Å². The summed E-state index contributed by atoms with van der Waals surface area (Å²) in [5.74, 6) is -3.86. The Balaban J connectivity index is 1.37. The number of nitrogens with zero attached hydrogens (tertiary/aromatic N) is 1. The Hall–Kier alpha value is -2.84. The smallest absolute Gasteiger partial charge is 0.313 e. The number of rotatable bonds is 6. The minimum atomic E-state index is -1.09. The van der Waals surface area contributed by atoms with Gasteiger partial charge in [0.25, 0.3) is 0 Å². The van der Waals surface area contributed by atoms with Gasteiger partial charge in [0.15, 0.2) is 11.6 Å². The molecule has 8 heteroatoms. The van der Waals surface area contributed by atoms with Gasteiger partial charge in [-0.2, -0.15) is 0 Å². The molecule has 2 N–H and O–H groups in total. The van der Waals surface area contributed by atoms with Crippen molar-refractivity contribution in [1.82, 2.24) is 10.2 Å². The van der Waals surface area contributed by atoms with E-state index in [1.807, 2.05) is 30.3 Å². The van der Waals surface area contributed by atoms with Gasteiger partial charge in [-0.05, 0) is 24.1 Å². The first kappa shape index (κ1) is 20.9. The first-order chi connectivity index (χ1) is 14.0. The maximum atomic E-state index is 13.2. The fourth-order valence-corrected chi connectivity index (χ4v) is 3.12. The van der Waals surface area contributed by atoms with Crippen molar-refractivity contribution in [3.8, 4) is 0 Å². The van der Waals surface area contributed by atoms with Crippen LogP contribution in [0.5, 0.6) is 0 Å². The van der Waals surface area contributed by atoms with E-state index in [0.29, 0.717) is 19.6 Å². The van der Waals surface area contributed by atoms with Gasteiger partial charge in [-0.15, -0.1) is 0 Å². The third-order valence-corrected chi connectivity index (χ3v) is 4.64. The molecule has 1 fully saturated rings. The standard InChI is InChI=1S/C21H23F2N3O3/c22-17-8-7-16(13-18(17)23)25-21(28)20(27)24-9-4-10-26-11-12-29-19(14-26)15-5-2-1-3-6-15/h1-3,5-8,13,19H,4,9-12,14H2,(H,24,27)(H,25,28). The first-order valence-electron chi connectivity index (χ1n) is 9.46. The highest BCUT2D eigenvalue weighted by Crippen LogP contribution is 2.21. The second-order valence-electron chi connectivity index (χ2n) is 6.76. The van der Waals surface area contributed by atoms with Gasteiger partial charge in [0, 0.05) is 37.9 Å². The predicted octanol–water partition coefficient (Wildman–Crippen LogP) is 2.48. The van der Waals surface area contributed by atoms with Crippen molar-refractivity contribution in [1.29, 1.82) is 0 Å². The van der Waals surface area contributed by atoms with E-state index in [4.69, 9.17) is 4.74 Å². The molecule has 0 saturated carbocycles. The van der Waals surface area contributed by atoms with Gasteiger partial charge >= 0.3 is 11.8 Å². The van der Waals surface area contributed by atoms with Crippen molar-refractivity contribution in [2.75, 3.05) is 38.1 Å². The number of ether oxygens (including phenoxy) is 1. The third-order valence-electron chi connectivity index (χ3n) is 4.64. The number of anilines is 1. The lowest BCUT2D eigenvalue weighted by Crippen LogP contribution is -2.41. The van der Waals surface area contributed by atoms with Crippen LogP contribution in [0.2, 0.25) is 0 Å². The van der Waals surface area contributed by atoms with Gasteiger partial charge in [0.1, 0.15) is 0 Å². The molecule has 0 aliphatic carbocycles. The summed E-state index contributed by atoms with van der Waals surface area (Å²) in [6.45, 7) is 3.32. The van der Waals surface area contributed by atoms with E-state index in [0.717, 1.165) is 37.3 Å². The van der Waals surface area contributed by atoms with Crippen LogP contribution in [0.1, 0.15) is 18.1 Å². The lowest BCUT2D eigenvalue weighted by molar-refractivity contribution is -0.136. The fourth-order valence-electron chi connectivity index (χ4n) is 3.12. The molecule has 1 saturated heterocycles. The van der Waals surface area contributed by atoms with Gasteiger partial charge in [-0.25, -0.2) is 8.78 Å². The third kappa shape index (κ3) is 6.07. The van der Waals surface area contributed by atoms with Crippen LogP contribution in [0.25, 0.3) is 0 Å². The zero-order valence-corrected chi connectivity index (χ0v) is 15.9. The van der Waals surface area contributed by atoms with E-state index in [9.17, 15) is 18.4 Å². The van der Waals surface area contributed by atoms with Crippen LogP contribution in [-0.2, 0) is 14.3 Å². The normalized spacial score (nSPS) is 17.0. The number of nitrogens with one attached hydrogen (secondary N) is 2. The fraction of sp³-hybridized carbons (Fsp3) is 0.333. The summed E-state index contributed by atoms with van der Waals surface area (Å²) < 4.78 is 31.9. The Morgan fingerprint density at radius 2 is 1.86 bits per heavy atom. The average molecular weight is 403 g/mol. The molecule has 0 aromatic heterocycles. The highest BCUT2D eigenvalue weighted by Gasteiger charge is 2.21. The van der Waals surface area contributed by atoms with Crippen LogP contribution in [0.15, 0.2) is 48.5 Å². The minimum absolute atomic E-state index is 0.0179. The number of morpholine rings is 1. The van der Waals surface area contributed by atoms with Crippen molar-refractivity contribution < 1.29 is 23.1 Å². The van der Waals surface area contributed by atoms with E-state index >= 15 is 0 Å². The first-order valence-corrected chi connectivity index (χ1v) is 9.46. The molecule has 0 radical (unpaired) electrons. The van der Waals surface area contributed by atoms with Gasteiger partial charge in [0.05, 0.1) is 12.7 Å². The molecular formula is C21H23F2N3O3. The zero-order valence-electron chi connectivity index (χ0n) is 15.9. The summed E-state index contributed by atoms with van der Waals surface area (Å²) in [5, 5.41) is 4.77. The largest absolute Gasteiger partial charge is 0.371 e. The van der Waals surface area contributed by atoms with Crippen LogP contribution >= 0.6 is 0 Å². The second-order valence-corrected chi connectivity index (χ2v) is 6.76. The molecule has 2 amide bonds. The molecule has 29 heavy (non-hydrogen) atoms. The minimum Gasteiger partial charge on any atom is -0.371 e. The second kappa shape index (κ2) is 10.1. The molecular weight excluding hydrogens is 380 g/mol. The Kier molecular flexibility index (Phi) is 7.26. The van der Waals surface area contributed by atoms with Crippen LogP contribution < -0.4 is 10.6 Å². The zero-order chi connectivity index (χ0) is 20.6. The maximum absolute atomic E-state index is 13.2. The van der Waals surface area contributed by atoms with Gasteiger partial charge < -0.3 is 15.4 Å².